The van der Waals surface area contributed by atoms with Gasteiger partial charge in [-0.1, -0.05) is 23.2 Å². The van der Waals surface area contributed by atoms with Gasteiger partial charge in [-0.3, -0.25) is 4.90 Å². The smallest absolute Gasteiger partial charge is 0.244 e. The summed E-state index contributed by atoms with van der Waals surface area (Å²) in [4.78, 5) is 2.11. The normalized spacial score (nSPS) is 16.2. The van der Waals surface area contributed by atoms with Gasteiger partial charge >= 0.3 is 0 Å². The molecule has 1 fully saturated rings. The Morgan fingerprint density at radius 2 is 1.96 bits per heavy atom. The van der Waals surface area contributed by atoms with Gasteiger partial charge in [-0.25, -0.2) is 8.42 Å². The van der Waals surface area contributed by atoms with Crippen LogP contribution in [-0.2, 0) is 14.8 Å². The van der Waals surface area contributed by atoms with Crippen LogP contribution in [0.15, 0.2) is 23.1 Å². The fourth-order valence-corrected chi connectivity index (χ4v) is 4.59. The third kappa shape index (κ3) is 5.06. The molecule has 1 aromatic carbocycles. The van der Waals surface area contributed by atoms with E-state index in [0.717, 1.165) is 13.1 Å². The molecular formula is C15H19Cl2N3O3S. The monoisotopic (exact) mass is 391 g/mol. The van der Waals surface area contributed by atoms with E-state index in [2.05, 4.69) is 4.90 Å². The summed E-state index contributed by atoms with van der Waals surface area (Å²) < 4.78 is 32.4. The minimum atomic E-state index is -3.82. The van der Waals surface area contributed by atoms with Gasteiger partial charge in [-0.05, 0) is 18.2 Å². The highest BCUT2D eigenvalue weighted by Gasteiger charge is 2.27. The third-order valence-electron chi connectivity index (χ3n) is 3.75. The standard InChI is InChI=1S/C15H19Cl2N3O3S/c16-13-2-3-14(17)15(12-13)24(21,22)20(5-1-4-18)7-6-19-8-10-23-11-9-19/h2-3,12H,1,5-11H2. The first-order chi connectivity index (χ1) is 11.4. The number of hydrogen-bond acceptors (Lipinski definition) is 5. The topological polar surface area (TPSA) is 73.6 Å². The summed E-state index contributed by atoms with van der Waals surface area (Å²) in [6.07, 6.45) is 0.112. The quantitative estimate of drug-likeness (QED) is 0.712. The lowest BCUT2D eigenvalue weighted by molar-refractivity contribution is 0.0363. The van der Waals surface area contributed by atoms with Crippen LogP contribution in [0.4, 0.5) is 0 Å². The highest BCUT2D eigenvalue weighted by Crippen LogP contribution is 2.27. The molecule has 0 radical (unpaired) electrons. The van der Waals surface area contributed by atoms with Crippen LogP contribution in [0, 0.1) is 11.3 Å². The molecule has 0 unspecified atom stereocenters. The van der Waals surface area contributed by atoms with Crippen molar-refractivity contribution in [3.63, 3.8) is 0 Å². The van der Waals surface area contributed by atoms with Crippen molar-refractivity contribution in [1.82, 2.24) is 9.21 Å². The molecule has 0 aromatic heterocycles. The summed E-state index contributed by atoms with van der Waals surface area (Å²) in [5.74, 6) is 0. The van der Waals surface area contributed by atoms with E-state index in [9.17, 15) is 8.42 Å². The lowest BCUT2D eigenvalue weighted by atomic mass is 10.4. The molecule has 0 saturated carbocycles. The van der Waals surface area contributed by atoms with E-state index in [-0.39, 0.29) is 29.4 Å². The average molecular weight is 392 g/mol. The van der Waals surface area contributed by atoms with E-state index >= 15 is 0 Å². The zero-order chi connectivity index (χ0) is 17.6. The first kappa shape index (κ1) is 19.4. The summed E-state index contributed by atoms with van der Waals surface area (Å²) in [6.45, 7) is 3.80. The molecule has 0 aliphatic carbocycles. The highest BCUT2D eigenvalue weighted by molar-refractivity contribution is 7.89. The lowest BCUT2D eigenvalue weighted by Crippen LogP contribution is -2.43. The van der Waals surface area contributed by atoms with Crippen LogP contribution in [0.1, 0.15) is 6.42 Å². The SMILES string of the molecule is N#CCCN(CCN1CCOCC1)S(=O)(=O)c1cc(Cl)ccc1Cl. The van der Waals surface area contributed by atoms with Crippen molar-refractivity contribution in [2.24, 2.45) is 0 Å². The molecule has 6 nitrogen and oxygen atoms in total. The molecule has 1 aliphatic rings. The molecule has 1 saturated heterocycles. The van der Waals surface area contributed by atoms with Crippen LogP contribution in [0.3, 0.4) is 0 Å². The largest absolute Gasteiger partial charge is 0.379 e. The predicted molar refractivity (Wildman–Crippen MR) is 92.7 cm³/mol. The van der Waals surface area contributed by atoms with Gasteiger partial charge < -0.3 is 4.74 Å². The molecule has 0 bridgehead atoms. The number of nitriles is 1. The highest BCUT2D eigenvalue weighted by atomic mass is 35.5. The number of rotatable bonds is 7. The van der Waals surface area contributed by atoms with Crippen molar-refractivity contribution in [2.45, 2.75) is 11.3 Å². The van der Waals surface area contributed by atoms with Crippen LogP contribution < -0.4 is 0 Å². The molecule has 0 N–H and O–H groups in total. The number of morpholine rings is 1. The van der Waals surface area contributed by atoms with E-state index in [0.29, 0.717) is 24.8 Å². The molecule has 1 heterocycles. The molecule has 24 heavy (non-hydrogen) atoms. The molecule has 0 spiro atoms. The molecule has 0 amide bonds. The fraction of sp³-hybridized carbons (Fsp3) is 0.533. The van der Waals surface area contributed by atoms with E-state index in [1.165, 1.54) is 22.5 Å². The average Bonchev–Trinajstić information content (AvgIpc) is 2.57. The zero-order valence-electron chi connectivity index (χ0n) is 13.1. The van der Waals surface area contributed by atoms with E-state index in [1.807, 2.05) is 6.07 Å². The Labute approximate surface area is 152 Å². The first-order valence-corrected chi connectivity index (χ1v) is 9.77. The molecule has 132 valence electrons. The van der Waals surface area contributed by atoms with Crippen LogP contribution in [0.25, 0.3) is 0 Å². The second kappa shape index (κ2) is 8.99. The van der Waals surface area contributed by atoms with Crippen LogP contribution in [0.5, 0.6) is 0 Å². The van der Waals surface area contributed by atoms with Gasteiger partial charge in [0.15, 0.2) is 0 Å². The molecule has 1 aliphatic heterocycles. The molecule has 0 atom stereocenters. The minimum Gasteiger partial charge on any atom is -0.379 e. The van der Waals surface area contributed by atoms with Crippen LogP contribution >= 0.6 is 23.2 Å². The van der Waals surface area contributed by atoms with Crippen molar-refractivity contribution >= 4 is 33.2 Å². The summed E-state index contributed by atoms with van der Waals surface area (Å²) in [5, 5.41) is 9.24. The Morgan fingerprint density at radius 1 is 1.25 bits per heavy atom. The third-order valence-corrected chi connectivity index (χ3v) is 6.37. The molecule has 2 rings (SSSR count). The van der Waals surface area contributed by atoms with Crippen LogP contribution in [-0.4, -0.2) is 63.6 Å². The molecular weight excluding hydrogens is 373 g/mol. The summed E-state index contributed by atoms with van der Waals surface area (Å²) in [5.41, 5.74) is 0. The van der Waals surface area contributed by atoms with Crippen molar-refractivity contribution in [3.8, 4) is 6.07 Å². The van der Waals surface area contributed by atoms with Crippen molar-refractivity contribution in [2.75, 3.05) is 45.9 Å². The Morgan fingerprint density at radius 3 is 2.62 bits per heavy atom. The Balaban J connectivity index is 2.18. The number of nitrogens with zero attached hydrogens (tertiary/aromatic N) is 3. The molecule has 9 heteroatoms. The van der Waals surface area contributed by atoms with Gasteiger partial charge in [0.1, 0.15) is 4.90 Å². The summed E-state index contributed by atoms with van der Waals surface area (Å²) >= 11 is 12.0. The zero-order valence-corrected chi connectivity index (χ0v) is 15.4. The van der Waals surface area contributed by atoms with Gasteiger partial charge in [0.25, 0.3) is 0 Å². The maximum atomic E-state index is 12.9. The Bertz CT molecular complexity index is 700. The molecule has 1 aromatic rings. The number of ether oxygens (including phenoxy) is 1. The fourth-order valence-electron chi connectivity index (χ4n) is 2.42. The van der Waals surface area contributed by atoms with Crippen molar-refractivity contribution in [3.05, 3.63) is 28.2 Å². The van der Waals surface area contributed by atoms with E-state index in [1.54, 1.807) is 0 Å². The van der Waals surface area contributed by atoms with Gasteiger partial charge in [-0.15, -0.1) is 0 Å². The van der Waals surface area contributed by atoms with Crippen LogP contribution in [0.2, 0.25) is 10.0 Å². The second-order valence-corrected chi connectivity index (χ2v) is 8.09. The maximum Gasteiger partial charge on any atom is 0.244 e. The minimum absolute atomic E-state index is 0.0309. The number of halogens is 2. The van der Waals surface area contributed by atoms with Gasteiger partial charge in [0.2, 0.25) is 10.0 Å². The Kier molecular flexibility index (Phi) is 7.29. The number of benzene rings is 1. The van der Waals surface area contributed by atoms with Gasteiger partial charge in [-0.2, -0.15) is 9.57 Å². The second-order valence-electron chi connectivity index (χ2n) is 5.34. The van der Waals surface area contributed by atoms with Gasteiger partial charge in [0, 0.05) is 44.2 Å². The maximum absolute atomic E-state index is 12.9. The van der Waals surface area contributed by atoms with E-state index < -0.39 is 10.0 Å². The van der Waals surface area contributed by atoms with E-state index in [4.69, 9.17) is 33.2 Å². The first-order valence-electron chi connectivity index (χ1n) is 7.57. The van der Waals surface area contributed by atoms with Crippen molar-refractivity contribution < 1.29 is 13.2 Å². The summed E-state index contributed by atoms with van der Waals surface area (Å²) in [7, 11) is -3.82. The van der Waals surface area contributed by atoms with Gasteiger partial charge in [0.05, 0.1) is 24.3 Å². The lowest BCUT2D eigenvalue weighted by Gasteiger charge is -2.29. The summed E-state index contributed by atoms with van der Waals surface area (Å²) in [6, 6.07) is 6.33. The van der Waals surface area contributed by atoms with Crippen molar-refractivity contribution in [1.29, 1.82) is 5.26 Å². The number of hydrogen-bond donors (Lipinski definition) is 0. The number of sulfonamides is 1. The Hall–Kier alpha value is -0.880. The predicted octanol–water partition coefficient (Wildman–Crippen LogP) is 2.23.